The number of nitrogens with one attached hydrogen (secondary N) is 3. The second-order valence-electron chi connectivity index (χ2n) is 10.4. The Kier molecular flexibility index (Phi) is 13.9. The molecule has 0 spiro atoms. The van der Waals surface area contributed by atoms with Crippen LogP contribution in [0.3, 0.4) is 0 Å². The van der Waals surface area contributed by atoms with Crippen LogP contribution in [-0.2, 0) is 32.0 Å². The van der Waals surface area contributed by atoms with Gasteiger partial charge < -0.3 is 43.4 Å². The van der Waals surface area contributed by atoms with Gasteiger partial charge in [0.15, 0.2) is 5.96 Å². The van der Waals surface area contributed by atoms with Gasteiger partial charge in [0, 0.05) is 19.4 Å². The number of nitrogens with zero attached hydrogens (tertiary/aromatic N) is 1. The molecule has 11 N–H and O–H groups in total. The number of aliphatic imine (C=N–C) groups is 1. The number of hydrogen-bond donors (Lipinski definition) is 8. The van der Waals surface area contributed by atoms with E-state index in [4.69, 9.17) is 17.2 Å². The number of aromatic hydroxyl groups is 1. The number of amides is 4. The first-order chi connectivity index (χ1) is 20.4. The van der Waals surface area contributed by atoms with E-state index in [2.05, 4.69) is 20.9 Å². The number of carbonyl (C=O) groups excluding carboxylic acids is 4. The molecule has 0 aromatic heterocycles. The van der Waals surface area contributed by atoms with E-state index in [0.29, 0.717) is 18.4 Å². The van der Waals surface area contributed by atoms with Crippen molar-refractivity contribution in [2.75, 3.05) is 6.54 Å². The van der Waals surface area contributed by atoms with Crippen molar-refractivity contribution in [3.8, 4) is 5.75 Å². The van der Waals surface area contributed by atoms with Crippen molar-refractivity contribution in [1.82, 2.24) is 16.0 Å². The van der Waals surface area contributed by atoms with Crippen molar-refractivity contribution in [2.24, 2.45) is 28.1 Å². The van der Waals surface area contributed by atoms with E-state index in [1.54, 1.807) is 43.3 Å². The summed E-state index contributed by atoms with van der Waals surface area (Å²) in [5.41, 5.74) is 17.6. The predicted octanol–water partition coefficient (Wildman–Crippen LogP) is -0.422. The van der Waals surface area contributed by atoms with E-state index in [-0.39, 0.29) is 43.4 Å². The van der Waals surface area contributed by atoms with Crippen LogP contribution >= 0.6 is 0 Å². The predicted molar refractivity (Wildman–Crippen MR) is 162 cm³/mol. The van der Waals surface area contributed by atoms with Crippen molar-refractivity contribution < 1.29 is 29.4 Å². The van der Waals surface area contributed by atoms with Gasteiger partial charge in [-0.1, -0.05) is 62.7 Å². The van der Waals surface area contributed by atoms with Crippen molar-refractivity contribution >= 4 is 29.6 Å². The lowest BCUT2D eigenvalue weighted by molar-refractivity contribution is -0.135. The fraction of sp³-hybridized carbons (Fsp3) is 0.433. The average Bonchev–Trinajstić information content (AvgIpc) is 2.97. The molecule has 0 aliphatic heterocycles. The van der Waals surface area contributed by atoms with Crippen molar-refractivity contribution in [1.29, 1.82) is 0 Å². The summed E-state index contributed by atoms with van der Waals surface area (Å²) in [5.74, 6) is -3.18. The van der Waals surface area contributed by atoms with Gasteiger partial charge in [-0.15, -0.1) is 0 Å². The Hall–Kier alpha value is -4.65. The second-order valence-corrected chi connectivity index (χ2v) is 10.4. The molecule has 13 heteroatoms. The van der Waals surface area contributed by atoms with Crippen LogP contribution in [0.1, 0.15) is 44.2 Å². The number of hydrogen-bond acceptors (Lipinski definition) is 7. The van der Waals surface area contributed by atoms with E-state index >= 15 is 0 Å². The Bertz CT molecular complexity index is 1240. The Morgan fingerprint density at radius 2 is 1.40 bits per heavy atom. The molecule has 0 aliphatic carbocycles. The van der Waals surface area contributed by atoms with Gasteiger partial charge in [-0.25, -0.2) is 0 Å². The normalized spacial score (nSPS) is 14.3. The minimum absolute atomic E-state index is 0.00493. The molecule has 2 aromatic rings. The Morgan fingerprint density at radius 1 is 0.814 bits per heavy atom. The van der Waals surface area contributed by atoms with Gasteiger partial charge in [-0.05, 0) is 42.0 Å². The average molecular weight is 598 g/mol. The summed E-state index contributed by atoms with van der Waals surface area (Å²) in [6.45, 7) is 3.81. The minimum atomic E-state index is -1.44. The molecule has 0 fully saturated rings. The number of benzene rings is 2. The number of aliphatic hydroxyl groups excluding tert-OH is 1. The molecule has 0 saturated heterocycles. The number of phenols is 1. The molecule has 4 unspecified atom stereocenters. The van der Waals surface area contributed by atoms with Gasteiger partial charge in [-0.2, -0.15) is 0 Å². The first kappa shape index (κ1) is 34.6. The van der Waals surface area contributed by atoms with Crippen molar-refractivity contribution in [3.05, 3.63) is 65.7 Å². The van der Waals surface area contributed by atoms with Gasteiger partial charge in [0.25, 0.3) is 0 Å². The van der Waals surface area contributed by atoms with Gasteiger partial charge in [0.1, 0.15) is 30.0 Å². The molecule has 0 saturated carbocycles. The number of phenolic OH excluding ortho intramolecular Hbond substituents is 1. The van der Waals surface area contributed by atoms with Crippen molar-refractivity contribution in [2.45, 2.75) is 70.2 Å². The van der Waals surface area contributed by atoms with Crippen LogP contribution in [-0.4, -0.2) is 70.6 Å². The summed E-state index contributed by atoms with van der Waals surface area (Å²) >= 11 is 0. The highest BCUT2D eigenvalue weighted by Gasteiger charge is 2.31. The lowest BCUT2D eigenvalue weighted by Crippen LogP contribution is -2.58. The van der Waals surface area contributed by atoms with E-state index in [0.717, 1.165) is 5.56 Å². The largest absolute Gasteiger partial charge is 0.508 e. The third-order valence-electron chi connectivity index (χ3n) is 6.98. The van der Waals surface area contributed by atoms with E-state index in [1.165, 1.54) is 12.1 Å². The summed E-state index contributed by atoms with van der Waals surface area (Å²) in [5, 5.41) is 28.1. The van der Waals surface area contributed by atoms with Crippen LogP contribution in [0.15, 0.2) is 59.6 Å². The minimum Gasteiger partial charge on any atom is -0.508 e. The first-order valence-corrected chi connectivity index (χ1v) is 14.2. The van der Waals surface area contributed by atoms with Gasteiger partial charge >= 0.3 is 0 Å². The number of guanidine groups is 1. The number of primary amides is 1. The molecule has 2 rings (SSSR count). The Balaban J connectivity index is 2.28. The maximum Gasteiger partial charge on any atom is 0.249 e. The number of rotatable bonds is 17. The summed E-state index contributed by atoms with van der Waals surface area (Å²) in [6.07, 6.45) is -0.429. The fourth-order valence-corrected chi connectivity index (χ4v) is 4.30. The highest BCUT2D eigenvalue weighted by atomic mass is 16.3. The molecular formula is C30H43N7O6. The third-order valence-corrected chi connectivity index (χ3v) is 6.98. The monoisotopic (exact) mass is 597 g/mol. The summed E-state index contributed by atoms with van der Waals surface area (Å²) < 4.78 is 0. The van der Waals surface area contributed by atoms with Crippen LogP contribution < -0.4 is 33.2 Å². The first-order valence-electron chi connectivity index (χ1n) is 14.2. The summed E-state index contributed by atoms with van der Waals surface area (Å²) in [4.78, 5) is 55.9. The Morgan fingerprint density at radius 3 is 1.98 bits per heavy atom. The van der Waals surface area contributed by atoms with Gasteiger partial charge in [-0.3, -0.25) is 24.2 Å². The third kappa shape index (κ3) is 12.0. The quantitative estimate of drug-likeness (QED) is 0.0675. The lowest BCUT2D eigenvalue weighted by atomic mass is 9.97. The summed E-state index contributed by atoms with van der Waals surface area (Å²) in [7, 11) is 0. The van der Waals surface area contributed by atoms with E-state index in [1.807, 2.05) is 13.0 Å². The van der Waals surface area contributed by atoms with E-state index in [9.17, 15) is 29.4 Å². The zero-order chi connectivity index (χ0) is 31.9. The fourth-order valence-electron chi connectivity index (χ4n) is 4.30. The number of carbonyl (C=O) groups is 4. The number of nitrogens with two attached hydrogens (primary N) is 3. The van der Waals surface area contributed by atoms with Crippen LogP contribution in [0.4, 0.5) is 0 Å². The zero-order valence-electron chi connectivity index (χ0n) is 24.5. The second kappa shape index (κ2) is 17.3. The highest BCUT2D eigenvalue weighted by molar-refractivity contribution is 5.94. The lowest BCUT2D eigenvalue weighted by Gasteiger charge is -2.27. The molecule has 4 amide bonds. The zero-order valence-corrected chi connectivity index (χ0v) is 24.5. The van der Waals surface area contributed by atoms with Crippen LogP contribution in [0.25, 0.3) is 0 Å². The van der Waals surface area contributed by atoms with Crippen LogP contribution in [0.2, 0.25) is 0 Å². The van der Waals surface area contributed by atoms with Crippen LogP contribution in [0.5, 0.6) is 5.75 Å². The number of aliphatic hydroxyl groups is 1. The van der Waals surface area contributed by atoms with Gasteiger partial charge in [0.2, 0.25) is 23.6 Å². The van der Waals surface area contributed by atoms with Crippen molar-refractivity contribution in [3.63, 3.8) is 0 Å². The molecule has 5 atom stereocenters. The molecule has 234 valence electrons. The van der Waals surface area contributed by atoms with Gasteiger partial charge in [0.05, 0.1) is 0 Å². The maximum absolute atomic E-state index is 13.6. The van der Waals surface area contributed by atoms with Crippen LogP contribution in [0, 0.1) is 5.92 Å². The molecular weight excluding hydrogens is 554 g/mol. The SMILES string of the molecule is CCC(C)[C@H](NC(=O)C(CCCN=C(N)N)NC(=O)C(Cc1ccc(O)cc1)NC(=O)C(O)Cc1ccccc1)C(N)=O. The standard InChI is InChI=1S/C30H43N7O6/c1-3-18(2)25(26(31)40)37-27(41)22(10-7-15-34-30(32)33)35-28(42)23(16-20-11-13-21(38)14-12-20)36-29(43)24(39)17-19-8-5-4-6-9-19/h4-6,8-9,11-14,18,22-25,38-39H,3,7,10,15-17H2,1-2H3,(H2,31,40)(H,35,42)(H,36,43)(H,37,41)(H4,32,33,34)/t18?,22?,23?,24?,25-/m0/s1. The summed E-state index contributed by atoms with van der Waals surface area (Å²) in [6, 6.07) is 11.7. The molecule has 43 heavy (non-hydrogen) atoms. The highest BCUT2D eigenvalue weighted by Crippen LogP contribution is 2.13. The molecule has 0 heterocycles. The smallest absolute Gasteiger partial charge is 0.249 e. The molecule has 2 aromatic carbocycles. The Labute approximate surface area is 251 Å². The molecule has 0 radical (unpaired) electrons. The molecule has 13 nitrogen and oxygen atoms in total. The maximum atomic E-state index is 13.6. The molecule has 0 aliphatic rings. The topological polar surface area (TPSA) is 235 Å². The molecule has 0 bridgehead atoms. The van der Waals surface area contributed by atoms with E-state index < -0.39 is 47.9 Å².